The molecule has 0 aromatic heterocycles. The van der Waals surface area contributed by atoms with Gasteiger partial charge in [-0.3, -0.25) is 14.4 Å². The molecule has 2 aromatic rings. The number of piperidine rings is 1. The minimum absolute atomic E-state index is 0.163. The van der Waals surface area contributed by atoms with E-state index in [2.05, 4.69) is 10.6 Å². The van der Waals surface area contributed by atoms with Gasteiger partial charge in [-0.25, -0.2) is 8.42 Å². The highest BCUT2D eigenvalue weighted by atomic mass is 32.2. The number of rotatable bonds is 8. The Kier molecular flexibility index (Phi) is 8.41. The zero-order valence-electron chi connectivity index (χ0n) is 19.2. The van der Waals surface area contributed by atoms with Gasteiger partial charge >= 0.3 is 5.97 Å². The first-order chi connectivity index (χ1) is 16.2. The molecule has 1 heterocycles. The standard InChI is InChI=1S/C24H29N3O6S/c1-17-8-4-5-9-21(17)24(30)25-16-22(28)33-18(2)23(29)26-19-10-12-20(13-11-19)34(31,32)27-14-6-3-7-15-27/h4-5,8-13,18H,3,6-7,14-16H2,1-2H3,(H,25,30)(H,26,29)/t18-/m1/s1. The second kappa shape index (κ2) is 11.3. The quantitative estimate of drug-likeness (QED) is 0.552. The van der Waals surface area contributed by atoms with Crippen LogP contribution in [0.4, 0.5) is 5.69 Å². The van der Waals surface area contributed by atoms with Crippen molar-refractivity contribution >= 4 is 33.5 Å². The lowest BCUT2D eigenvalue weighted by Crippen LogP contribution is -2.36. The van der Waals surface area contributed by atoms with E-state index in [1.807, 2.05) is 6.07 Å². The second-order valence-corrected chi connectivity index (χ2v) is 10.0. The van der Waals surface area contributed by atoms with Gasteiger partial charge in [0.1, 0.15) is 6.54 Å². The van der Waals surface area contributed by atoms with Crippen LogP contribution in [0.15, 0.2) is 53.4 Å². The monoisotopic (exact) mass is 487 g/mol. The van der Waals surface area contributed by atoms with E-state index in [0.29, 0.717) is 24.3 Å². The Hall–Kier alpha value is -3.24. The first-order valence-electron chi connectivity index (χ1n) is 11.1. The summed E-state index contributed by atoms with van der Waals surface area (Å²) >= 11 is 0. The Morgan fingerprint density at radius 2 is 1.65 bits per heavy atom. The number of anilines is 1. The van der Waals surface area contributed by atoms with Crippen molar-refractivity contribution in [3.8, 4) is 0 Å². The number of ether oxygens (including phenoxy) is 1. The normalized spacial score (nSPS) is 15.2. The van der Waals surface area contributed by atoms with E-state index in [1.54, 1.807) is 25.1 Å². The fraction of sp³-hybridized carbons (Fsp3) is 0.375. The summed E-state index contributed by atoms with van der Waals surface area (Å²) in [4.78, 5) is 36.8. The van der Waals surface area contributed by atoms with Gasteiger partial charge in [-0.1, -0.05) is 24.6 Å². The van der Waals surface area contributed by atoms with Crippen molar-refractivity contribution in [2.75, 3.05) is 25.0 Å². The molecule has 10 heteroatoms. The van der Waals surface area contributed by atoms with Crippen LogP contribution in [0, 0.1) is 6.92 Å². The SMILES string of the molecule is Cc1ccccc1C(=O)NCC(=O)O[C@H](C)C(=O)Nc1ccc(S(=O)(=O)N2CCCCC2)cc1. The van der Waals surface area contributed by atoms with Gasteiger partial charge in [0.2, 0.25) is 10.0 Å². The van der Waals surface area contributed by atoms with Crippen molar-refractivity contribution in [2.45, 2.75) is 44.1 Å². The van der Waals surface area contributed by atoms with Gasteiger partial charge in [0.25, 0.3) is 11.8 Å². The van der Waals surface area contributed by atoms with Crippen LogP contribution in [0.3, 0.4) is 0 Å². The van der Waals surface area contributed by atoms with Crippen molar-refractivity contribution in [3.63, 3.8) is 0 Å². The molecule has 3 rings (SSSR count). The molecule has 1 saturated heterocycles. The molecule has 2 aromatic carbocycles. The molecule has 0 bridgehead atoms. The number of nitrogens with one attached hydrogen (secondary N) is 2. The van der Waals surface area contributed by atoms with Gasteiger partial charge < -0.3 is 15.4 Å². The average Bonchev–Trinajstić information content (AvgIpc) is 2.83. The molecule has 1 aliphatic heterocycles. The number of carbonyl (C=O) groups excluding carboxylic acids is 3. The predicted octanol–water partition coefficient (Wildman–Crippen LogP) is 2.47. The van der Waals surface area contributed by atoms with Crippen LogP contribution in [0.2, 0.25) is 0 Å². The van der Waals surface area contributed by atoms with Gasteiger partial charge in [-0.05, 0) is 62.6 Å². The van der Waals surface area contributed by atoms with E-state index in [0.717, 1.165) is 24.8 Å². The molecule has 1 atom stereocenters. The van der Waals surface area contributed by atoms with Crippen LogP contribution in [-0.2, 0) is 24.3 Å². The van der Waals surface area contributed by atoms with Gasteiger partial charge in [-0.15, -0.1) is 0 Å². The summed E-state index contributed by atoms with van der Waals surface area (Å²) in [7, 11) is -3.56. The first kappa shape index (κ1) is 25.4. The Balaban J connectivity index is 1.49. The molecule has 2 N–H and O–H groups in total. The molecule has 2 amide bonds. The summed E-state index contributed by atoms with van der Waals surface area (Å²) in [6.45, 7) is 3.83. The largest absolute Gasteiger partial charge is 0.451 e. The minimum atomic E-state index is -3.56. The number of esters is 1. The summed E-state index contributed by atoms with van der Waals surface area (Å²) in [6, 6.07) is 12.8. The average molecular weight is 488 g/mol. The summed E-state index contributed by atoms with van der Waals surface area (Å²) < 4.78 is 32.0. The van der Waals surface area contributed by atoms with Crippen molar-refractivity contribution < 1.29 is 27.5 Å². The fourth-order valence-corrected chi connectivity index (χ4v) is 5.09. The third kappa shape index (κ3) is 6.42. The molecule has 182 valence electrons. The highest BCUT2D eigenvalue weighted by molar-refractivity contribution is 7.89. The van der Waals surface area contributed by atoms with Crippen molar-refractivity contribution in [2.24, 2.45) is 0 Å². The van der Waals surface area contributed by atoms with Crippen molar-refractivity contribution in [3.05, 3.63) is 59.7 Å². The van der Waals surface area contributed by atoms with E-state index in [-0.39, 0.29) is 11.4 Å². The van der Waals surface area contributed by atoms with Crippen LogP contribution in [0.1, 0.15) is 42.1 Å². The Morgan fingerprint density at radius 3 is 2.29 bits per heavy atom. The van der Waals surface area contributed by atoms with Crippen LogP contribution >= 0.6 is 0 Å². The van der Waals surface area contributed by atoms with Crippen LogP contribution in [0.25, 0.3) is 0 Å². The molecule has 9 nitrogen and oxygen atoms in total. The lowest BCUT2D eigenvalue weighted by Gasteiger charge is -2.25. The number of nitrogens with zero attached hydrogens (tertiary/aromatic N) is 1. The van der Waals surface area contributed by atoms with E-state index < -0.39 is 33.9 Å². The van der Waals surface area contributed by atoms with E-state index in [9.17, 15) is 22.8 Å². The highest BCUT2D eigenvalue weighted by Crippen LogP contribution is 2.22. The number of amides is 2. The number of benzene rings is 2. The van der Waals surface area contributed by atoms with Gasteiger partial charge in [-0.2, -0.15) is 4.31 Å². The topological polar surface area (TPSA) is 122 Å². The lowest BCUT2D eigenvalue weighted by atomic mass is 10.1. The molecule has 34 heavy (non-hydrogen) atoms. The molecular weight excluding hydrogens is 458 g/mol. The second-order valence-electron chi connectivity index (χ2n) is 8.11. The molecule has 0 unspecified atom stereocenters. The molecule has 1 aliphatic rings. The smallest absolute Gasteiger partial charge is 0.326 e. The van der Waals surface area contributed by atoms with Gasteiger partial charge in [0.05, 0.1) is 4.90 Å². The van der Waals surface area contributed by atoms with Crippen molar-refractivity contribution in [1.29, 1.82) is 0 Å². The van der Waals surface area contributed by atoms with Crippen LogP contribution in [0.5, 0.6) is 0 Å². The molecular formula is C24H29N3O6S. The van der Waals surface area contributed by atoms with Crippen LogP contribution in [-0.4, -0.2) is 56.2 Å². The molecule has 0 radical (unpaired) electrons. The van der Waals surface area contributed by atoms with Crippen molar-refractivity contribution in [1.82, 2.24) is 9.62 Å². The number of carbonyl (C=O) groups is 3. The molecule has 1 fully saturated rings. The highest BCUT2D eigenvalue weighted by Gasteiger charge is 2.26. The van der Waals surface area contributed by atoms with Crippen LogP contribution < -0.4 is 10.6 Å². The summed E-state index contributed by atoms with van der Waals surface area (Å²) in [6.07, 6.45) is 1.61. The molecule has 0 spiro atoms. The number of hydrogen-bond donors (Lipinski definition) is 2. The maximum absolute atomic E-state index is 12.7. The summed E-state index contributed by atoms with van der Waals surface area (Å²) in [5.41, 5.74) is 1.60. The molecule has 0 saturated carbocycles. The fourth-order valence-electron chi connectivity index (χ4n) is 3.58. The van der Waals surface area contributed by atoms with Gasteiger partial charge in [0.15, 0.2) is 6.10 Å². The van der Waals surface area contributed by atoms with E-state index in [4.69, 9.17) is 4.74 Å². The van der Waals surface area contributed by atoms with E-state index in [1.165, 1.54) is 35.5 Å². The van der Waals surface area contributed by atoms with Gasteiger partial charge in [0, 0.05) is 24.3 Å². The zero-order chi connectivity index (χ0) is 24.7. The first-order valence-corrected chi connectivity index (χ1v) is 12.6. The third-order valence-electron chi connectivity index (χ3n) is 5.54. The number of hydrogen-bond acceptors (Lipinski definition) is 6. The summed E-state index contributed by atoms with van der Waals surface area (Å²) in [5.74, 6) is -1.75. The number of sulfonamides is 1. The lowest BCUT2D eigenvalue weighted by molar-refractivity contribution is -0.152. The Labute approximate surface area is 199 Å². The number of aryl methyl sites for hydroxylation is 1. The Morgan fingerprint density at radius 1 is 1.00 bits per heavy atom. The molecule has 0 aliphatic carbocycles. The zero-order valence-corrected chi connectivity index (χ0v) is 20.1. The maximum atomic E-state index is 12.7. The summed E-state index contributed by atoms with van der Waals surface area (Å²) in [5, 5.41) is 5.07. The maximum Gasteiger partial charge on any atom is 0.326 e. The van der Waals surface area contributed by atoms with E-state index >= 15 is 0 Å². The Bertz CT molecular complexity index is 1140. The predicted molar refractivity (Wildman–Crippen MR) is 127 cm³/mol. The minimum Gasteiger partial charge on any atom is -0.451 e. The third-order valence-corrected chi connectivity index (χ3v) is 7.45.